The summed E-state index contributed by atoms with van der Waals surface area (Å²) in [5.74, 6) is 0.740. The van der Waals surface area contributed by atoms with E-state index in [9.17, 15) is 18.0 Å². The average molecular weight is 444 g/mol. The van der Waals surface area contributed by atoms with E-state index in [2.05, 4.69) is 20.2 Å². The molecule has 1 saturated heterocycles. The molecular formula is C23H23F3N4O2. The van der Waals surface area contributed by atoms with Crippen LogP contribution in [-0.2, 0) is 24.1 Å². The van der Waals surface area contributed by atoms with Crippen molar-refractivity contribution in [3.63, 3.8) is 0 Å². The van der Waals surface area contributed by atoms with Gasteiger partial charge >= 0.3 is 6.18 Å². The number of carbonyl (C=O) groups is 1. The Kier molecular flexibility index (Phi) is 6.27. The molecule has 3 heterocycles. The van der Waals surface area contributed by atoms with Crippen molar-refractivity contribution in [2.24, 2.45) is 0 Å². The predicted octanol–water partition coefficient (Wildman–Crippen LogP) is 4.34. The van der Waals surface area contributed by atoms with Crippen molar-refractivity contribution in [3.05, 3.63) is 71.4 Å². The minimum atomic E-state index is -4.44. The second-order valence-electron chi connectivity index (χ2n) is 7.93. The number of aromatic nitrogens is 2. The predicted molar refractivity (Wildman–Crippen MR) is 111 cm³/mol. The molecule has 32 heavy (non-hydrogen) atoms. The Bertz CT molecular complexity index is 1080. The SMILES string of the molecule is Cc1oc(-c2cccc(C(F)(F)F)c2)nc1CN(Cc1cccnc1)C[C@@H]1CCC(=O)N1. The molecule has 0 radical (unpaired) electrons. The van der Waals surface area contributed by atoms with Crippen LogP contribution in [0.1, 0.15) is 35.4 Å². The molecule has 4 rings (SSSR count). The average Bonchev–Trinajstić information content (AvgIpc) is 3.33. The first kappa shape index (κ1) is 22.0. The lowest BCUT2D eigenvalue weighted by molar-refractivity contribution is -0.137. The van der Waals surface area contributed by atoms with Gasteiger partial charge in [0.1, 0.15) is 5.76 Å². The summed E-state index contributed by atoms with van der Waals surface area (Å²) in [5, 5.41) is 2.98. The molecule has 0 aliphatic carbocycles. The van der Waals surface area contributed by atoms with E-state index in [1.54, 1.807) is 25.4 Å². The van der Waals surface area contributed by atoms with Crippen molar-refractivity contribution >= 4 is 5.91 Å². The Morgan fingerprint density at radius 2 is 2.06 bits per heavy atom. The molecule has 2 aromatic heterocycles. The van der Waals surface area contributed by atoms with Crippen molar-refractivity contribution < 1.29 is 22.4 Å². The summed E-state index contributed by atoms with van der Waals surface area (Å²) in [5.41, 5.74) is 1.18. The Labute approximate surface area is 183 Å². The molecular weight excluding hydrogens is 421 g/mol. The van der Waals surface area contributed by atoms with Gasteiger partial charge in [-0.25, -0.2) is 4.98 Å². The number of amides is 1. The Morgan fingerprint density at radius 3 is 2.75 bits per heavy atom. The van der Waals surface area contributed by atoms with E-state index in [-0.39, 0.29) is 23.4 Å². The van der Waals surface area contributed by atoms with Gasteiger partial charge in [0.2, 0.25) is 11.8 Å². The second kappa shape index (κ2) is 9.12. The van der Waals surface area contributed by atoms with Crippen LogP contribution in [0.5, 0.6) is 0 Å². The number of aryl methyl sites for hydroxylation is 1. The first-order valence-electron chi connectivity index (χ1n) is 10.3. The first-order chi connectivity index (χ1) is 15.3. The maximum absolute atomic E-state index is 13.1. The normalized spacial score (nSPS) is 16.5. The standard InChI is InChI=1S/C23H23F3N4O2/c1-15-20(29-22(32-15)17-5-2-6-18(10-17)23(24,25)26)14-30(12-16-4-3-9-27-11-16)13-19-7-8-21(31)28-19/h2-6,9-11,19H,7-8,12-14H2,1H3,(H,28,31)/t19-/m0/s1. The van der Waals surface area contributed by atoms with Crippen LogP contribution in [0, 0.1) is 6.92 Å². The van der Waals surface area contributed by atoms with Crippen molar-refractivity contribution in [2.75, 3.05) is 6.54 Å². The van der Waals surface area contributed by atoms with Gasteiger partial charge < -0.3 is 9.73 Å². The van der Waals surface area contributed by atoms with Gasteiger partial charge in [-0.15, -0.1) is 0 Å². The first-order valence-corrected chi connectivity index (χ1v) is 10.3. The highest BCUT2D eigenvalue weighted by Crippen LogP contribution is 2.32. The molecule has 3 aromatic rings. The highest BCUT2D eigenvalue weighted by Gasteiger charge is 2.31. The zero-order chi connectivity index (χ0) is 22.7. The van der Waals surface area contributed by atoms with Crippen LogP contribution in [0.4, 0.5) is 13.2 Å². The molecule has 1 N–H and O–H groups in total. The molecule has 0 saturated carbocycles. The van der Waals surface area contributed by atoms with Crippen LogP contribution in [0.2, 0.25) is 0 Å². The number of nitrogens with zero attached hydrogens (tertiary/aromatic N) is 3. The maximum Gasteiger partial charge on any atom is 0.416 e. The smallest absolute Gasteiger partial charge is 0.416 e. The van der Waals surface area contributed by atoms with Crippen molar-refractivity contribution in [3.8, 4) is 11.5 Å². The quantitative estimate of drug-likeness (QED) is 0.587. The third-order valence-electron chi connectivity index (χ3n) is 5.40. The lowest BCUT2D eigenvalue weighted by atomic mass is 10.1. The fourth-order valence-corrected chi connectivity index (χ4v) is 3.80. The summed E-state index contributed by atoms with van der Waals surface area (Å²) in [6.45, 7) is 3.38. The molecule has 6 nitrogen and oxygen atoms in total. The lowest BCUT2D eigenvalue weighted by Crippen LogP contribution is -2.38. The molecule has 0 unspecified atom stereocenters. The highest BCUT2D eigenvalue weighted by atomic mass is 19.4. The fraction of sp³-hybridized carbons (Fsp3) is 0.348. The topological polar surface area (TPSA) is 71.3 Å². The van der Waals surface area contributed by atoms with Crippen LogP contribution in [0.25, 0.3) is 11.5 Å². The molecule has 9 heteroatoms. The van der Waals surface area contributed by atoms with E-state index >= 15 is 0 Å². The Balaban J connectivity index is 1.55. The van der Waals surface area contributed by atoms with Crippen LogP contribution < -0.4 is 5.32 Å². The van der Waals surface area contributed by atoms with Gasteiger partial charge in [0.05, 0.1) is 11.3 Å². The number of carbonyl (C=O) groups excluding carboxylic acids is 1. The fourth-order valence-electron chi connectivity index (χ4n) is 3.80. The molecule has 1 aromatic carbocycles. The van der Waals surface area contributed by atoms with Gasteiger partial charge in [0.15, 0.2) is 0 Å². The minimum Gasteiger partial charge on any atom is -0.441 e. The van der Waals surface area contributed by atoms with E-state index in [4.69, 9.17) is 4.42 Å². The summed E-state index contributed by atoms with van der Waals surface area (Å²) >= 11 is 0. The molecule has 1 fully saturated rings. The summed E-state index contributed by atoms with van der Waals surface area (Å²) in [4.78, 5) is 22.4. The van der Waals surface area contributed by atoms with Crippen LogP contribution in [0.3, 0.4) is 0 Å². The van der Waals surface area contributed by atoms with Crippen molar-refractivity contribution in [2.45, 2.75) is 45.1 Å². The second-order valence-corrected chi connectivity index (χ2v) is 7.93. The van der Waals surface area contributed by atoms with Crippen molar-refractivity contribution in [1.82, 2.24) is 20.2 Å². The summed E-state index contributed by atoms with van der Waals surface area (Å²) < 4.78 is 44.9. The number of rotatable bonds is 7. The third-order valence-corrected chi connectivity index (χ3v) is 5.40. The van der Waals surface area contributed by atoms with Gasteiger partial charge in [0.25, 0.3) is 0 Å². The molecule has 0 bridgehead atoms. The van der Waals surface area contributed by atoms with Gasteiger partial charge in [-0.05, 0) is 43.2 Å². The van der Waals surface area contributed by atoms with Crippen LogP contribution in [0.15, 0.2) is 53.2 Å². The van der Waals surface area contributed by atoms with E-state index in [1.165, 1.54) is 6.07 Å². The van der Waals surface area contributed by atoms with Crippen LogP contribution in [-0.4, -0.2) is 33.4 Å². The number of oxazole rings is 1. The number of nitrogens with one attached hydrogen (secondary N) is 1. The zero-order valence-electron chi connectivity index (χ0n) is 17.5. The number of benzene rings is 1. The molecule has 1 atom stereocenters. The monoisotopic (exact) mass is 444 g/mol. The van der Waals surface area contributed by atoms with Gasteiger partial charge in [-0.2, -0.15) is 13.2 Å². The molecule has 168 valence electrons. The van der Waals surface area contributed by atoms with Gasteiger partial charge in [-0.1, -0.05) is 12.1 Å². The van der Waals surface area contributed by atoms with Gasteiger partial charge in [-0.3, -0.25) is 14.7 Å². The number of alkyl halides is 3. The highest BCUT2D eigenvalue weighted by molar-refractivity contribution is 5.78. The number of halogens is 3. The number of hydrogen-bond donors (Lipinski definition) is 1. The Hall–Kier alpha value is -3.20. The van der Waals surface area contributed by atoms with Gasteiger partial charge in [0, 0.05) is 50.1 Å². The minimum absolute atomic E-state index is 0.0364. The van der Waals surface area contributed by atoms with Crippen molar-refractivity contribution in [1.29, 1.82) is 0 Å². The zero-order valence-corrected chi connectivity index (χ0v) is 17.5. The summed E-state index contributed by atoms with van der Waals surface area (Å²) in [7, 11) is 0. The molecule has 1 amide bonds. The largest absolute Gasteiger partial charge is 0.441 e. The summed E-state index contributed by atoms with van der Waals surface area (Å²) in [6, 6.07) is 8.81. The molecule has 1 aliphatic heterocycles. The summed E-state index contributed by atoms with van der Waals surface area (Å²) in [6.07, 6.45) is 0.314. The third kappa shape index (κ3) is 5.34. The number of pyridine rings is 1. The molecule has 1 aliphatic rings. The lowest BCUT2D eigenvalue weighted by Gasteiger charge is -2.24. The van der Waals surface area contributed by atoms with Crippen LogP contribution >= 0.6 is 0 Å². The van der Waals surface area contributed by atoms with E-state index in [0.717, 1.165) is 24.1 Å². The molecule has 0 spiro atoms. The van der Waals surface area contributed by atoms with E-state index in [0.29, 0.717) is 37.5 Å². The van der Waals surface area contributed by atoms with E-state index < -0.39 is 11.7 Å². The Morgan fingerprint density at radius 1 is 1.22 bits per heavy atom. The number of hydrogen-bond acceptors (Lipinski definition) is 5. The maximum atomic E-state index is 13.1. The van der Waals surface area contributed by atoms with E-state index in [1.807, 2.05) is 12.1 Å².